The zero-order valence-electron chi connectivity index (χ0n) is 13.3. The van der Waals surface area contributed by atoms with E-state index >= 15 is 0 Å². The number of rotatable bonds is 5. The third-order valence-electron chi connectivity index (χ3n) is 3.79. The molecule has 0 amide bonds. The first-order valence-electron chi connectivity index (χ1n) is 7.88. The Morgan fingerprint density at radius 1 is 1.00 bits per heavy atom. The van der Waals surface area contributed by atoms with Gasteiger partial charge in [-0.25, -0.2) is 9.97 Å². The van der Waals surface area contributed by atoms with E-state index in [1.807, 2.05) is 23.0 Å². The molecule has 3 aromatic heterocycles. The van der Waals surface area contributed by atoms with E-state index in [0.29, 0.717) is 5.65 Å². The fourth-order valence-corrected chi connectivity index (χ4v) is 2.86. The fraction of sp³-hybridized carbons (Fsp3) is 0.111. The standard InChI is InChI=1S/C18H15BrN6/c19-14-11-22-25(12-14)10-7-13-1-3-15(4-2-13)23-17-6-5-16-18(24-17)21-9-8-20-16/h1-6,8-9,11-12H,7,10H2,(H,21,23,24). The van der Waals surface area contributed by atoms with Gasteiger partial charge in [0.1, 0.15) is 11.3 Å². The molecule has 0 aliphatic heterocycles. The van der Waals surface area contributed by atoms with Gasteiger partial charge in [-0.05, 0) is 52.2 Å². The molecule has 25 heavy (non-hydrogen) atoms. The van der Waals surface area contributed by atoms with Crippen molar-refractivity contribution in [3.63, 3.8) is 0 Å². The second-order valence-corrected chi connectivity index (χ2v) is 6.50. The van der Waals surface area contributed by atoms with Crippen LogP contribution < -0.4 is 5.32 Å². The van der Waals surface area contributed by atoms with Crippen molar-refractivity contribution in [2.45, 2.75) is 13.0 Å². The Bertz CT molecular complexity index is 996. The zero-order valence-corrected chi connectivity index (χ0v) is 14.9. The van der Waals surface area contributed by atoms with Crippen LogP contribution in [-0.4, -0.2) is 24.7 Å². The summed E-state index contributed by atoms with van der Waals surface area (Å²) in [5.74, 6) is 0.752. The summed E-state index contributed by atoms with van der Waals surface area (Å²) in [7, 11) is 0. The molecule has 124 valence electrons. The summed E-state index contributed by atoms with van der Waals surface area (Å²) in [6.45, 7) is 0.850. The van der Waals surface area contributed by atoms with Crippen LogP contribution in [0.4, 0.5) is 11.5 Å². The predicted molar refractivity (Wildman–Crippen MR) is 101 cm³/mol. The van der Waals surface area contributed by atoms with Gasteiger partial charge in [0.2, 0.25) is 0 Å². The number of anilines is 2. The monoisotopic (exact) mass is 394 g/mol. The largest absolute Gasteiger partial charge is 0.340 e. The molecule has 4 aromatic rings. The number of halogens is 1. The van der Waals surface area contributed by atoms with Gasteiger partial charge in [0.05, 0.1) is 10.7 Å². The minimum Gasteiger partial charge on any atom is -0.340 e. The van der Waals surface area contributed by atoms with Crippen LogP contribution in [0.25, 0.3) is 11.2 Å². The highest BCUT2D eigenvalue weighted by Crippen LogP contribution is 2.18. The molecule has 1 aromatic carbocycles. The molecule has 0 aliphatic carbocycles. The molecule has 0 saturated heterocycles. The topological polar surface area (TPSA) is 68.5 Å². The van der Waals surface area contributed by atoms with Gasteiger partial charge in [-0.1, -0.05) is 12.1 Å². The molecular weight excluding hydrogens is 380 g/mol. The number of aryl methyl sites for hydroxylation is 2. The molecule has 0 spiro atoms. The smallest absolute Gasteiger partial charge is 0.180 e. The van der Waals surface area contributed by atoms with Crippen molar-refractivity contribution in [1.29, 1.82) is 0 Å². The highest BCUT2D eigenvalue weighted by atomic mass is 79.9. The SMILES string of the molecule is Brc1cnn(CCc2ccc(Nc3ccc4nccnc4n3)cc2)c1. The van der Waals surface area contributed by atoms with Crippen molar-refractivity contribution >= 4 is 38.6 Å². The van der Waals surface area contributed by atoms with Crippen molar-refractivity contribution in [2.75, 3.05) is 5.32 Å². The van der Waals surface area contributed by atoms with Gasteiger partial charge >= 0.3 is 0 Å². The molecule has 7 heteroatoms. The van der Waals surface area contributed by atoms with Crippen LogP contribution in [0, 0.1) is 0 Å². The first-order chi connectivity index (χ1) is 12.3. The van der Waals surface area contributed by atoms with Crippen LogP contribution in [0.5, 0.6) is 0 Å². The van der Waals surface area contributed by atoms with Gasteiger partial charge in [-0.2, -0.15) is 5.10 Å². The third-order valence-corrected chi connectivity index (χ3v) is 4.20. The van der Waals surface area contributed by atoms with Crippen LogP contribution in [0.2, 0.25) is 0 Å². The van der Waals surface area contributed by atoms with Gasteiger partial charge in [0, 0.05) is 30.8 Å². The Kier molecular flexibility index (Phi) is 4.39. The van der Waals surface area contributed by atoms with Crippen LogP contribution >= 0.6 is 15.9 Å². The summed E-state index contributed by atoms with van der Waals surface area (Å²) < 4.78 is 2.93. The minimum atomic E-state index is 0.634. The van der Waals surface area contributed by atoms with E-state index in [1.165, 1.54) is 5.56 Å². The molecule has 0 saturated carbocycles. The number of hydrogen-bond donors (Lipinski definition) is 1. The lowest BCUT2D eigenvalue weighted by Gasteiger charge is -2.07. The Morgan fingerprint density at radius 3 is 2.64 bits per heavy atom. The quantitative estimate of drug-likeness (QED) is 0.554. The number of aromatic nitrogens is 5. The lowest BCUT2D eigenvalue weighted by molar-refractivity contribution is 0.614. The van der Waals surface area contributed by atoms with Crippen LogP contribution in [0.1, 0.15) is 5.56 Å². The van der Waals surface area contributed by atoms with Gasteiger partial charge in [0.15, 0.2) is 5.65 Å². The van der Waals surface area contributed by atoms with E-state index in [2.05, 4.69) is 65.6 Å². The van der Waals surface area contributed by atoms with Gasteiger partial charge in [-0.3, -0.25) is 9.67 Å². The van der Waals surface area contributed by atoms with Crippen molar-refractivity contribution in [2.24, 2.45) is 0 Å². The summed E-state index contributed by atoms with van der Waals surface area (Å²) >= 11 is 3.41. The van der Waals surface area contributed by atoms with E-state index in [-0.39, 0.29) is 0 Å². The highest BCUT2D eigenvalue weighted by Gasteiger charge is 2.02. The van der Waals surface area contributed by atoms with Crippen molar-refractivity contribution < 1.29 is 0 Å². The minimum absolute atomic E-state index is 0.634. The molecule has 0 radical (unpaired) electrons. The van der Waals surface area contributed by atoms with Gasteiger partial charge < -0.3 is 5.32 Å². The van der Waals surface area contributed by atoms with Crippen LogP contribution in [-0.2, 0) is 13.0 Å². The average Bonchev–Trinajstić information content (AvgIpc) is 3.06. The molecule has 6 nitrogen and oxygen atoms in total. The van der Waals surface area contributed by atoms with Crippen LogP contribution in [0.15, 0.2) is 65.7 Å². The third kappa shape index (κ3) is 3.83. The Labute approximate surface area is 153 Å². The maximum Gasteiger partial charge on any atom is 0.180 e. The van der Waals surface area contributed by atoms with E-state index in [4.69, 9.17) is 0 Å². The number of pyridine rings is 1. The lowest BCUT2D eigenvalue weighted by Crippen LogP contribution is -2.01. The normalized spacial score (nSPS) is 10.9. The number of benzene rings is 1. The van der Waals surface area contributed by atoms with E-state index in [1.54, 1.807) is 18.6 Å². The van der Waals surface area contributed by atoms with Gasteiger partial charge in [0.25, 0.3) is 0 Å². The van der Waals surface area contributed by atoms with Crippen molar-refractivity contribution in [1.82, 2.24) is 24.7 Å². The first kappa shape index (κ1) is 15.7. The van der Waals surface area contributed by atoms with Crippen LogP contribution in [0.3, 0.4) is 0 Å². The maximum absolute atomic E-state index is 4.47. The molecule has 0 fully saturated rings. The second kappa shape index (κ2) is 6.98. The van der Waals surface area contributed by atoms with E-state index in [0.717, 1.165) is 34.5 Å². The number of fused-ring (bicyclic) bond motifs is 1. The van der Waals surface area contributed by atoms with Crippen molar-refractivity contribution in [3.05, 3.63) is 71.2 Å². The summed E-state index contributed by atoms with van der Waals surface area (Å²) in [5, 5.41) is 7.56. The van der Waals surface area contributed by atoms with E-state index in [9.17, 15) is 0 Å². The molecular formula is C18H15BrN6. The Balaban J connectivity index is 1.42. The molecule has 3 heterocycles. The molecule has 4 rings (SSSR count). The maximum atomic E-state index is 4.47. The molecule has 0 atom stereocenters. The number of hydrogen-bond acceptors (Lipinski definition) is 5. The molecule has 0 unspecified atom stereocenters. The van der Waals surface area contributed by atoms with Crippen molar-refractivity contribution in [3.8, 4) is 0 Å². The zero-order chi connectivity index (χ0) is 17.1. The second-order valence-electron chi connectivity index (χ2n) is 5.59. The lowest BCUT2D eigenvalue weighted by atomic mass is 10.1. The molecule has 0 bridgehead atoms. The number of nitrogens with one attached hydrogen (secondary N) is 1. The summed E-state index contributed by atoms with van der Waals surface area (Å²) in [4.78, 5) is 12.9. The highest BCUT2D eigenvalue weighted by molar-refractivity contribution is 9.10. The summed E-state index contributed by atoms with van der Waals surface area (Å²) in [5.41, 5.74) is 3.67. The predicted octanol–water partition coefficient (Wildman–Crippen LogP) is 3.97. The summed E-state index contributed by atoms with van der Waals surface area (Å²) in [6, 6.07) is 12.1. The van der Waals surface area contributed by atoms with Gasteiger partial charge in [-0.15, -0.1) is 0 Å². The fourth-order valence-electron chi connectivity index (χ4n) is 2.53. The van der Waals surface area contributed by atoms with E-state index < -0.39 is 0 Å². The average molecular weight is 395 g/mol. The first-order valence-corrected chi connectivity index (χ1v) is 8.67. The number of nitrogens with zero attached hydrogens (tertiary/aromatic N) is 5. The molecule has 1 N–H and O–H groups in total. The summed E-state index contributed by atoms with van der Waals surface area (Å²) in [6.07, 6.45) is 8.01. The Morgan fingerprint density at radius 2 is 1.84 bits per heavy atom. The Hall–Kier alpha value is -2.80. The molecule has 0 aliphatic rings.